The van der Waals surface area contributed by atoms with Crippen LogP contribution in [0.3, 0.4) is 0 Å². The molecule has 3 aromatic rings. The lowest BCUT2D eigenvalue weighted by Crippen LogP contribution is -1.99. The van der Waals surface area contributed by atoms with Gasteiger partial charge in [0.1, 0.15) is 11.3 Å². The largest absolute Gasteiger partial charge is 0.456 e. The van der Waals surface area contributed by atoms with Gasteiger partial charge in [-0.25, -0.2) is 0 Å². The zero-order valence-corrected chi connectivity index (χ0v) is 8.94. The van der Waals surface area contributed by atoms with Crippen LogP contribution >= 0.6 is 0 Å². The van der Waals surface area contributed by atoms with E-state index in [2.05, 4.69) is 0 Å². The van der Waals surface area contributed by atoms with Crippen molar-refractivity contribution in [3.8, 4) is 11.3 Å². The Morgan fingerprint density at radius 2 is 1.76 bits per heavy atom. The van der Waals surface area contributed by atoms with Crippen molar-refractivity contribution in [3.05, 3.63) is 70.8 Å². The quantitative estimate of drug-likeness (QED) is 0.633. The van der Waals surface area contributed by atoms with Crippen molar-refractivity contribution in [1.82, 2.24) is 0 Å². The van der Waals surface area contributed by atoms with Crippen molar-refractivity contribution in [2.24, 2.45) is 0 Å². The van der Waals surface area contributed by atoms with Gasteiger partial charge in [0.25, 0.3) is 0 Å². The Morgan fingerprint density at radius 3 is 2.59 bits per heavy atom. The average molecular weight is 224 g/mol. The molecule has 17 heavy (non-hydrogen) atoms. The summed E-state index contributed by atoms with van der Waals surface area (Å²) in [5.74, 6) is 0.381. The Bertz CT molecular complexity index is 801. The number of hydrogen-bond donors (Lipinski definition) is 0. The third-order valence-electron chi connectivity index (χ3n) is 2.56. The molecule has 1 heterocycles. The van der Waals surface area contributed by atoms with Crippen LogP contribution in [0.5, 0.6) is 0 Å². The fraction of sp³-hybridized carbons (Fsp3) is 0. The van der Waals surface area contributed by atoms with Crippen molar-refractivity contribution in [2.45, 2.75) is 0 Å². The van der Waals surface area contributed by atoms with Crippen molar-refractivity contribution in [2.75, 3.05) is 0 Å². The molecule has 2 aromatic carbocycles. The molecule has 0 atom stereocenters. The van der Waals surface area contributed by atoms with Crippen molar-refractivity contribution >= 4 is 11.0 Å². The van der Waals surface area contributed by atoms with Gasteiger partial charge in [0.15, 0.2) is 5.43 Å². The zero-order valence-electron chi connectivity index (χ0n) is 10.9. The van der Waals surface area contributed by atoms with Gasteiger partial charge in [-0.2, -0.15) is 0 Å². The molecule has 0 amide bonds. The zero-order chi connectivity index (χ0) is 13.4. The number of para-hydroxylation sites is 1. The summed E-state index contributed by atoms with van der Waals surface area (Å²) < 4.78 is 20.9. The molecule has 0 N–H and O–H groups in total. The highest BCUT2D eigenvalue weighted by atomic mass is 16.3. The van der Waals surface area contributed by atoms with Crippen LogP contribution in [0.4, 0.5) is 0 Å². The third-order valence-corrected chi connectivity index (χ3v) is 2.56. The summed E-state index contributed by atoms with van der Waals surface area (Å²) in [5.41, 5.74) is 0.950. The van der Waals surface area contributed by atoms with Crippen molar-refractivity contribution in [3.63, 3.8) is 0 Å². The van der Waals surface area contributed by atoms with Crippen LogP contribution in [0.15, 0.2) is 69.8 Å². The van der Waals surface area contributed by atoms with E-state index in [1.807, 2.05) is 0 Å². The normalized spacial score (nSPS) is 12.2. The predicted molar refractivity (Wildman–Crippen MR) is 67.9 cm³/mol. The lowest BCUT2D eigenvalue weighted by molar-refractivity contribution is 0.619. The molecule has 0 spiro atoms. The highest BCUT2D eigenvalue weighted by Crippen LogP contribution is 2.21. The number of hydrogen-bond acceptors (Lipinski definition) is 2. The SMILES string of the molecule is [2H]c1cc([2H])cc(-c2cc(=O)c3ccccc3o2)c1. The first-order valence-electron chi connectivity index (χ1n) is 6.25. The lowest BCUT2D eigenvalue weighted by atomic mass is 10.1. The lowest BCUT2D eigenvalue weighted by Gasteiger charge is -2.02. The summed E-state index contributed by atoms with van der Waals surface area (Å²) in [4.78, 5) is 12.0. The Hall–Kier alpha value is -2.35. The average Bonchev–Trinajstić information content (AvgIpc) is 2.37. The molecule has 0 saturated heterocycles. The van der Waals surface area contributed by atoms with E-state index < -0.39 is 0 Å². The maximum atomic E-state index is 12.0. The first kappa shape index (κ1) is 7.85. The third kappa shape index (κ3) is 1.74. The molecule has 0 bridgehead atoms. The van der Waals surface area contributed by atoms with Crippen LogP contribution in [-0.2, 0) is 0 Å². The molecule has 0 aliphatic heterocycles. The van der Waals surface area contributed by atoms with Crippen LogP contribution < -0.4 is 5.43 Å². The number of benzene rings is 2. The topological polar surface area (TPSA) is 30.2 Å². The standard InChI is InChI=1S/C15H10O2/c16-13-10-15(11-6-2-1-3-7-11)17-14-9-5-4-8-12(13)14/h1-10H/i2D,3D. The summed E-state index contributed by atoms with van der Waals surface area (Å²) in [6.07, 6.45) is 0. The predicted octanol–water partition coefficient (Wildman–Crippen LogP) is 3.46. The number of fused-ring (bicyclic) bond motifs is 1. The summed E-state index contributed by atoms with van der Waals surface area (Å²) in [6, 6.07) is 13.4. The molecule has 82 valence electrons. The first-order chi connectivity index (χ1) is 9.13. The van der Waals surface area contributed by atoms with E-state index >= 15 is 0 Å². The van der Waals surface area contributed by atoms with Crippen molar-refractivity contribution < 1.29 is 7.16 Å². The van der Waals surface area contributed by atoms with Gasteiger partial charge < -0.3 is 4.42 Å². The summed E-state index contributed by atoms with van der Waals surface area (Å²) >= 11 is 0. The Labute approximate surface area is 101 Å². The van der Waals surface area contributed by atoms with E-state index in [0.29, 0.717) is 22.3 Å². The van der Waals surface area contributed by atoms with Crippen LogP contribution in [0, 0.1) is 0 Å². The molecule has 3 rings (SSSR count). The minimum atomic E-state index is -0.126. The second-order valence-corrected chi connectivity index (χ2v) is 3.69. The summed E-state index contributed by atoms with van der Waals surface area (Å²) in [6.45, 7) is 0. The van der Waals surface area contributed by atoms with Crippen molar-refractivity contribution in [1.29, 1.82) is 0 Å². The summed E-state index contributed by atoms with van der Waals surface area (Å²) in [5, 5.41) is 0.527. The maximum Gasteiger partial charge on any atom is 0.193 e. The molecular weight excluding hydrogens is 212 g/mol. The van der Waals surface area contributed by atoms with Gasteiger partial charge in [-0.15, -0.1) is 0 Å². The van der Waals surface area contributed by atoms with Gasteiger partial charge in [0.2, 0.25) is 0 Å². The second kappa shape index (κ2) is 3.91. The van der Waals surface area contributed by atoms with E-state index in [9.17, 15) is 4.79 Å². The van der Waals surface area contributed by atoms with Gasteiger partial charge in [0.05, 0.1) is 8.13 Å². The minimum Gasteiger partial charge on any atom is -0.456 e. The van der Waals surface area contributed by atoms with E-state index in [1.54, 1.807) is 36.4 Å². The Kier molecular flexibility index (Phi) is 1.80. The minimum absolute atomic E-state index is 0.126. The Morgan fingerprint density at radius 1 is 1.00 bits per heavy atom. The van der Waals surface area contributed by atoms with Crippen LogP contribution in [0.1, 0.15) is 2.74 Å². The van der Waals surface area contributed by atoms with Crippen LogP contribution in [0.25, 0.3) is 22.3 Å². The van der Waals surface area contributed by atoms with E-state index in [4.69, 9.17) is 7.16 Å². The molecule has 2 heteroatoms. The second-order valence-electron chi connectivity index (χ2n) is 3.69. The molecule has 0 radical (unpaired) electrons. The number of rotatable bonds is 1. The Balaban J connectivity index is 2.28. The first-order valence-corrected chi connectivity index (χ1v) is 5.25. The molecule has 0 aliphatic rings. The van der Waals surface area contributed by atoms with Crippen LogP contribution in [-0.4, -0.2) is 0 Å². The maximum absolute atomic E-state index is 12.0. The van der Waals surface area contributed by atoms with Gasteiger partial charge in [-0.3, -0.25) is 4.79 Å². The molecule has 0 unspecified atom stereocenters. The highest BCUT2D eigenvalue weighted by molar-refractivity contribution is 5.78. The molecular formula is C15H10O2. The highest BCUT2D eigenvalue weighted by Gasteiger charge is 2.05. The van der Waals surface area contributed by atoms with Gasteiger partial charge in [-0.05, 0) is 12.1 Å². The molecule has 0 aliphatic carbocycles. The fourth-order valence-corrected chi connectivity index (χ4v) is 1.74. The van der Waals surface area contributed by atoms with Gasteiger partial charge in [0, 0.05) is 11.6 Å². The van der Waals surface area contributed by atoms with Gasteiger partial charge >= 0.3 is 0 Å². The molecule has 0 fully saturated rings. The monoisotopic (exact) mass is 224 g/mol. The fourth-order valence-electron chi connectivity index (χ4n) is 1.74. The summed E-state index contributed by atoms with van der Waals surface area (Å²) in [7, 11) is 0. The van der Waals surface area contributed by atoms with Crippen LogP contribution in [0.2, 0.25) is 0 Å². The molecule has 1 aromatic heterocycles. The van der Waals surface area contributed by atoms with E-state index in [1.165, 1.54) is 12.1 Å². The van der Waals surface area contributed by atoms with Gasteiger partial charge in [-0.1, -0.05) is 42.4 Å². The molecule has 0 saturated carbocycles. The smallest absolute Gasteiger partial charge is 0.193 e. The van der Waals surface area contributed by atoms with E-state index in [-0.39, 0.29) is 17.5 Å². The molecule has 2 nitrogen and oxygen atoms in total. The van der Waals surface area contributed by atoms with E-state index in [0.717, 1.165) is 0 Å².